The molecule has 2 atom stereocenters. The number of primary amides is 1. The molecule has 1 fully saturated rings. The molecule has 0 aliphatic heterocycles. The highest BCUT2D eigenvalue weighted by Crippen LogP contribution is 2.22. The van der Waals surface area contributed by atoms with Crippen molar-refractivity contribution in [3.63, 3.8) is 0 Å². The Morgan fingerprint density at radius 2 is 2.38 bits per heavy atom. The normalized spacial score (nSPS) is 19.4. The summed E-state index contributed by atoms with van der Waals surface area (Å²) in [6, 6.07) is 0.0650. The molecule has 1 aliphatic carbocycles. The fourth-order valence-electron chi connectivity index (χ4n) is 1.77. The van der Waals surface area contributed by atoms with Crippen molar-refractivity contribution in [1.29, 1.82) is 0 Å². The van der Waals surface area contributed by atoms with Gasteiger partial charge in [-0.1, -0.05) is 0 Å². The zero-order valence-corrected chi connectivity index (χ0v) is 9.68. The number of aromatic nitrogens is 2. The Morgan fingerprint density at radius 3 is 2.81 bits per heavy atom. The Morgan fingerprint density at radius 1 is 1.69 bits per heavy atom. The zero-order chi connectivity index (χ0) is 11.7. The van der Waals surface area contributed by atoms with Crippen molar-refractivity contribution in [3.8, 4) is 0 Å². The standard InChI is InChI=1S/C11H18N4O/c1-7-5-13-15(6-7)8(2)10(11(12)16)14-9-3-4-9/h5-6,8-10,14H,3-4H2,1-2H3,(H2,12,16). The maximum Gasteiger partial charge on any atom is 0.236 e. The minimum Gasteiger partial charge on any atom is -0.368 e. The number of nitrogens with one attached hydrogen (secondary N) is 1. The van der Waals surface area contributed by atoms with E-state index in [9.17, 15) is 4.79 Å². The molecule has 16 heavy (non-hydrogen) atoms. The molecule has 0 bridgehead atoms. The number of hydrogen-bond acceptors (Lipinski definition) is 3. The number of rotatable bonds is 5. The Kier molecular flexibility index (Phi) is 2.96. The quantitative estimate of drug-likeness (QED) is 0.755. The van der Waals surface area contributed by atoms with E-state index in [1.165, 1.54) is 0 Å². The van der Waals surface area contributed by atoms with E-state index in [0.29, 0.717) is 6.04 Å². The van der Waals surface area contributed by atoms with Gasteiger partial charge in [-0.3, -0.25) is 9.48 Å². The molecule has 88 valence electrons. The lowest BCUT2D eigenvalue weighted by Gasteiger charge is -2.22. The first-order valence-corrected chi connectivity index (χ1v) is 5.64. The van der Waals surface area contributed by atoms with Crippen LogP contribution >= 0.6 is 0 Å². The summed E-state index contributed by atoms with van der Waals surface area (Å²) in [5, 5.41) is 7.48. The Bertz CT molecular complexity index is 383. The molecule has 0 saturated heterocycles. The van der Waals surface area contributed by atoms with Gasteiger partial charge in [0.15, 0.2) is 0 Å². The van der Waals surface area contributed by atoms with Crippen molar-refractivity contribution in [2.24, 2.45) is 5.73 Å². The van der Waals surface area contributed by atoms with Crippen LogP contribution in [0.2, 0.25) is 0 Å². The van der Waals surface area contributed by atoms with Crippen LogP contribution in [0, 0.1) is 6.92 Å². The summed E-state index contributed by atoms with van der Waals surface area (Å²) in [6.07, 6.45) is 5.98. The van der Waals surface area contributed by atoms with E-state index in [1.54, 1.807) is 10.9 Å². The van der Waals surface area contributed by atoms with Gasteiger partial charge < -0.3 is 11.1 Å². The molecule has 2 rings (SSSR count). The SMILES string of the molecule is Cc1cnn(C(C)C(NC2CC2)C(N)=O)c1. The summed E-state index contributed by atoms with van der Waals surface area (Å²) >= 11 is 0. The first-order chi connectivity index (χ1) is 7.58. The highest BCUT2D eigenvalue weighted by atomic mass is 16.1. The average molecular weight is 222 g/mol. The summed E-state index contributed by atoms with van der Waals surface area (Å²) in [6.45, 7) is 3.93. The molecule has 3 N–H and O–H groups in total. The van der Waals surface area contributed by atoms with Gasteiger partial charge in [-0.05, 0) is 32.3 Å². The first kappa shape index (κ1) is 11.1. The Balaban J connectivity index is 2.09. The van der Waals surface area contributed by atoms with Crippen molar-refractivity contribution in [3.05, 3.63) is 18.0 Å². The molecule has 1 saturated carbocycles. The van der Waals surface area contributed by atoms with Crippen LogP contribution in [0.25, 0.3) is 0 Å². The second-order valence-corrected chi connectivity index (χ2v) is 4.56. The molecular weight excluding hydrogens is 204 g/mol. The van der Waals surface area contributed by atoms with Crippen LogP contribution in [0.15, 0.2) is 12.4 Å². The number of amides is 1. The maximum absolute atomic E-state index is 11.4. The highest BCUT2D eigenvalue weighted by molar-refractivity contribution is 5.80. The van der Waals surface area contributed by atoms with Gasteiger partial charge in [0.1, 0.15) is 6.04 Å². The van der Waals surface area contributed by atoms with Gasteiger partial charge in [0.25, 0.3) is 0 Å². The van der Waals surface area contributed by atoms with E-state index < -0.39 is 0 Å². The van der Waals surface area contributed by atoms with E-state index in [1.807, 2.05) is 20.0 Å². The van der Waals surface area contributed by atoms with E-state index in [4.69, 9.17) is 5.73 Å². The van der Waals surface area contributed by atoms with Crippen molar-refractivity contribution < 1.29 is 4.79 Å². The smallest absolute Gasteiger partial charge is 0.236 e. The molecule has 5 nitrogen and oxygen atoms in total. The number of aryl methyl sites for hydroxylation is 1. The van der Waals surface area contributed by atoms with Crippen LogP contribution < -0.4 is 11.1 Å². The van der Waals surface area contributed by atoms with Gasteiger partial charge in [-0.15, -0.1) is 0 Å². The number of nitrogens with two attached hydrogens (primary N) is 1. The molecule has 1 heterocycles. The molecular formula is C11H18N4O. The second kappa shape index (κ2) is 4.25. The lowest BCUT2D eigenvalue weighted by atomic mass is 10.1. The molecule has 0 aromatic carbocycles. The van der Waals surface area contributed by atoms with Crippen molar-refractivity contribution >= 4 is 5.91 Å². The van der Waals surface area contributed by atoms with Crippen LogP contribution in [-0.4, -0.2) is 27.8 Å². The zero-order valence-electron chi connectivity index (χ0n) is 9.68. The van der Waals surface area contributed by atoms with E-state index >= 15 is 0 Å². The number of carbonyl (C=O) groups is 1. The molecule has 1 aliphatic rings. The van der Waals surface area contributed by atoms with E-state index in [2.05, 4.69) is 10.4 Å². The third kappa shape index (κ3) is 2.41. The number of hydrogen-bond donors (Lipinski definition) is 2. The van der Waals surface area contributed by atoms with Crippen molar-refractivity contribution in [2.45, 2.75) is 44.8 Å². The van der Waals surface area contributed by atoms with E-state index in [-0.39, 0.29) is 18.0 Å². The summed E-state index contributed by atoms with van der Waals surface area (Å²) in [4.78, 5) is 11.4. The van der Waals surface area contributed by atoms with Crippen molar-refractivity contribution in [1.82, 2.24) is 15.1 Å². The Hall–Kier alpha value is -1.36. The largest absolute Gasteiger partial charge is 0.368 e. The molecule has 1 aromatic rings. The van der Waals surface area contributed by atoms with Crippen molar-refractivity contribution in [2.75, 3.05) is 0 Å². The van der Waals surface area contributed by atoms with Gasteiger partial charge in [0.05, 0.1) is 12.2 Å². The topological polar surface area (TPSA) is 72.9 Å². The number of nitrogens with zero attached hydrogens (tertiary/aromatic N) is 2. The minimum absolute atomic E-state index is 0.0493. The molecule has 5 heteroatoms. The summed E-state index contributed by atoms with van der Waals surface area (Å²) in [5.41, 5.74) is 6.50. The highest BCUT2D eigenvalue weighted by Gasteiger charge is 2.31. The van der Waals surface area contributed by atoms with Crippen LogP contribution in [0.4, 0.5) is 0 Å². The fraction of sp³-hybridized carbons (Fsp3) is 0.636. The van der Waals surface area contributed by atoms with Crippen LogP contribution in [0.5, 0.6) is 0 Å². The monoisotopic (exact) mass is 222 g/mol. The fourth-order valence-corrected chi connectivity index (χ4v) is 1.77. The summed E-state index contributed by atoms with van der Waals surface area (Å²) < 4.78 is 1.79. The maximum atomic E-state index is 11.4. The minimum atomic E-state index is -0.341. The van der Waals surface area contributed by atoms with Gasteiger partial charge in [0, 0.05) is 12.2 Å². The van der Waals surface area contributed by atoms with Crippen LogP contribution in [0.3, 0.4) is 0 Å². The molecule has 1 aromatic heterocycles. The molecule has 2 unspecified atom stereocenters. The molecule has 0 spiro atoms. The summed E-state index contributed by atoms with van der Waals surface area (Å²) in [5.74, 6) is -0.312. The van der Waals surface area contributed by atoms with Gasteiger partial charge in [-0.2, -0.15) is 5.10 Å². The predicted octanol–water partition coefficient (Wildman–Crippen LogP) is 0.358. The van der Waals surface area contributed by atoms with Gasteiger partial charge >= 0.3 is 0 Å². The van der Waals surface area contributed by atoms with E-state index in [0.717, 1.165) is 18.4 Å². The lowest BCUT2D eigenvalue weighted by Crippen LogP contribution is -2.47. The first-order valence-electron chi connectivity index (χ1n) is 5.64. The summed E-state index contributed by atoms with van der Waals surface area (Å²) in [7, 11) is 0. The molecule has 0 radical (unpaired) electrons. The van der Waals surface area contributed by atoms with Gasteiger partial charge in [-0.25, -0.2) is 0 Å². The third-order valence-corrected chi connectivity index (χ3v) is 2.93. The van der Waals surface area contributed by atoms with Crippen LogP contribution in [-0.2, 0) is 4.79 Å². The van der Waals surface area contributed by atoms with Crippen LogP contribution in [0.1, 0.15) is 31.4 Å². The predicted molar refractivity (Wildman–Crippen MR) is 60.8 cm³/mol. The third-order valence-electron chi connectivity index (χ3n) is 2.93. The average Bonchev–Trinajstić information content (AvgIpc) is 2.95. The lowest BCUT2D eigenvalue weighted by molar-refractivity contribution is -0.121. The van der Waals surface area contributed by atoms with Gasteiger partial charge in [0.2, 0.25) is 5.91 Å². The Labute approximate surface area is 95.0 Å². The number of carbonyl (C=O) groups excluding carboxylic acids is 1. The molecule has 1 amide bonds. The second-order valence-electron chi connectivity index (χ2n) is 4.56.